The van der Waals surface area contributed by atoms with Crippen molar-refractivity contribution in [3.63, 3.8) is 0 Å². The second-order valence-corrected chi connectivity index (χ2v) is 3.37. The normalized spacial score (nSPS) is 29.0. The molecule has 0 bridgehead atoms. The summed E-state index contributed by atoms with van der Waals surface area (Å²) in [5, 5.41) is 0. The molecule has 11 heavy (non-hydrogen) atoms. The van der Waals surface area contributed by atoms with Crippen LogP contribution in [0.15, 0.2) is 23.8 Å². The molecular formula is C10H14N+. The lowest BCUT2D eigenvalue weighted by molar-refractivity contribution is -0.464. The van der Waals surface area contributed by atoms with Crippen LogP contribution in [0.2, 0.25) is 0 Å². The van der Waals surface area contributed by atoms with Crippen LogP contribution >= 0.6 is 0 Å². The maximum absolute atomic E-state index is 3.43. The fourth-order valence-electron chi connectivity index (χ4n) is 1.79. The number of nitrogens with one attached hydrogen (secondary N) is 1. The first-order valence-corrected chi connectivity index (χ1v) is 4.33. The molecule has 2 rings (SSSR count). The first-order chi connectivity index (χ1) is 5.36. The molecule has 1 unspecified atom stereocenters. The Morgan fingerprint density at radius 1 is 1.45 bits per heavy atom. The molecule has 0 aromatic carbocycles. The van der Waals surface area contributed by atoms with Gasteiger partial charge in [0.2, 0.25) is 0 Å². The van der Waals surface area contributed by atoms with Gasteiger partial charge in [0.25, 0.3) is 0 Å². The zero-order valence-electron chi connectivity index (χ0n) is 6.93. The predicted molar refractivity (Wildman–Crippen MR) is 46.5 cm³/mol. The van der Waals surface area contributed by atoms with Crippen molar-refractivity contribution >= 4 is 5.71 Å². The molecule has 1 N–H and O–H groups in total. The minimum Gasteiger partial charge on any atom is -0.245 e. The van der Waals surface area contributed by atoms with Crippen LogP contribution in [0.1, 0.15) is 19.8 Å². The van der Waals surface area contributed by atoms with E-state index in [1.54, 1.807) is 0 Å². The zero-order chi connectivity index (χ0) is 7.68. The van der Waals surface area contributed by atoms with Gasteiger partial charge in [0, 0.05) is 12.5 Å². The van der Waals surface area contributed by atoms with Crippen molar-refractivity contribution in [3.8, 4) is 0 Å². The Labute approximate surface area is 67.5 Å². The van der Waals surface area contributed by atoms with Gasteiger partial charge in [0.1, 0.15) is 6.54 Å². The Morgan fingerprint density at radius 2 is 2.36 bits per heavy atom. The zero-order valence-corrected chi connectivity index (χ0v) is 6.93. The van der Waals surface area contributed by atoms with Crippen LogP contribution in [0.5, 0.6) is 0 Å². The Bertz CT molecular complexity index is 246. The monoisotopic (exact) mass is 148 g/mol. The van der Waals surface area contributed by atoms with Crippen LogP contribution in [0.3, 0.4) is 0 Å². The van der Waals surface area contributed by atoms with Crippen LogP contribution in [0.4, 0.5) is 0 Å². The second-order valence-electron chi connectivity index (χ2n) is 3.37. The van der Waals surface area contributed by atoms with Crippen molar-refractivity contribution in [3.05, 3.63) is 23.8 Å². The third kappa shape index (κ3) is 1.28. The molecule has 0 fully saturated rings. The molecule has 0 spiro atoms. The van der Waals surface area contributed by atoms with Gasteiger partial charge in [0.05, 0.1) is 5.92 Å². The number of rotatable bonds is 0. The molecule has 1 heteroatoms. The molecule has 0 aromatic rings. The van der Waals surface area contributed by atoms with E-state index in [2.05, 4.69) is 30.1 Å². The molecule has 1 atom stereocenters. The molecule has 1 aliphatic heterocycles. The van der Waals surface area contributed by atoms with E-state index >= 15 is 0 Å². The molecule has 2 aliphatic rings. The van der Waals surface area contributed by atoms with Gasteiger partial charge in [-0.15, -0.1) is 0 Å². The maximum Gasteiger partial charge on any atom is 0.181 e. The van der Waals surface area contributed by atoms with E-state index in [-0.39, 0.29) is 0 Å². The first-order valence-electron chi connectivity index (χ1n) is 4.33. The lowest BCUT2D eigenvalue weighted by atomic mass is 9.89. The summed E-state index contributed by atoms with van der Waals surface area (Å²) in [4.78, 5) is 3.43. The lowest BCUT2D eigenvalue weighted by Crippen LogP contribution is -2.76. The van der Waals surface area contributed by atoms with E-state index < -0.39 is 0 Å². The van der Waals surface area contributed by atoms with Gasteiger partial charge in [-0.05, 0) is 13.3 Å². The summed E-state index contributed by atoms with van der Waals surface area (Å²) in [6, 6.07) is 0. The summed E-state index contributed by atoms with van der Waals surface area (Å²) in [7, 11) is 0. The highest BCUT2D eigenvalue weighted by atomic mass is 14.8. The number of hydrogen-bond acceptors (Lipinski definition) is 0. The van der Waals surface area contributed by atoms with E-state index in [0.717, 1.165) is 6.54 Å². The smallest absolute Gasteiger partial charge is 0.181 e. The largest absolute Gasteiger partial charge is 0.245 e. The van der Waals surface area contributed by atoms with Gasteiger partial charge in [-0.1, -0.05) is 17.7 Å². The second kappa shape index (κ2) is 2.65. The van der Waals surface area contributed by atoms with Gasteiger partial charge < -0.3 is 0 Å². The highest BCUT2D eigenvalue weighted by Gasteiger charge is 2.22. The summed E-state index contributed by atoms with van der Waals surface area (Å²) in [6.07, 6.45) is 9.40. The number of fused-ring (bicyclic) bond motifs is 1. The van der Waals surface area contributed by atoms with Crippen LogP contribution < -0.4 is 4.99 Å². The predicted octanol–water partition coefficient (Wildman–Crippen LogP) is 0.434. The molecule has 1 aliphatic carbocycles. The van der Waals surface area contributed by atoms with Crippen LogP contribution in [0, 0.1) is 5.92 Å². The molecule has 0 radical (unpaired) electrons. The molecule has 1 heterocycles. The van der Waals surface area contributed by atoms with Gasteiger partial charge in [0.15, 0.2) is 5.71 Å². The van der Waals surface area contributed by atoms with E-state index in [1.807, 2.05) is 0 Å². The molecule has 58 valence electrons. The molecule has 1 nitrogen and oxygen atoms in total. The highest BCUT2D eigenvalue weighted by molar-refractivity contribution is 5.95. The highest BCUT2D eigenvalue weighted by Crippen LogP contribution is 2.17. The van der Waals surface area contributed by atoms with Gasteiger partial charge in [-0.2, -0.15) is 0 Å². The van der Waals surface area contributed by atoms with Gasteiger partial charge in [-0.3, -0.25) is 0 Å². The maximum atomic E-state index is 3.43. The summed E-state index contributed by atoms with van der Waals surface area (Å²) in [5.74, 6) is 0.689. The fourth-order valence-corrected chi connectivity index (χ4v) is 1.79. The first kappa shape index (κ1) is 6.84. The van der Waals surface area contributed by atoms with Crippen molar-refractivity contribution in [2.45, 2.75) is 19.8 Å². The summed E-state index contributed by atoms with van der Waals surface area (Å²) >= 11 is 0. The summed E-state index contributed by atoms with van der Waals surface area (Å²) in [6.45, 7) is 3.32. The third-order valence-electron chi connectivity index (χ3n) is 2.41. The van der Waals surface area contributed by atoms with Crippen molar-refractivity contribution in [1.29, 1.82) is 0 Å². The minimum atomic E-state index is 0.689. The Balaban J connectivity index is 2.28. The lowest BCUT2D eigenvalue weighted by Gasteiger charge is -2.16. The Kier molecular flexibility index (Phi) is 1.65. The standard InChI is InChI=1S/C10H13N/c1-8-4-5-10-9(7-8)3-2-6-11-10/h4-5,7,9H,2-3,6H2,1H3/p+1. The quantitative estimate of drug-likeness (QED) is 0.512. The minimum absolute atomic E-state index is 0.689. The van der Waals surface area contributed by atoms with Crippen LogP contribution in [-0.4, -0.2) is 12.3 Å². The summed E-state index contributed by atoms with van der Waals surface area (Å²) in [5.41, 5.74) is 2.82. The third-order valence-corrected chi connectivity index (χ3v) is 2.41. The fraction of sp³-hybridized carbons (Fsp3) is 0.500. The van der Waals surface area contributed by atoms with E-state index in [0.29, 0.717) is 5.92 Å². The molecular weight excluding hydrogens is 134 g/mol. The molecule has 0 aromatic heterocycles. The molecule has 0 amide bonds. The van der Waals surface area contributed by atoms with Crippen molar-refractivity contribution in [1.82, 2.24) is 0 Å². The van der Waals surface area contributed by atoms with Crippen molar-refractivity contribution < 1.29 is 4.99 Å². The molecule has 0 saturated heterocycles. The summed E-state index contributed by atoms with van der Waals surface area (Å²) < 4.78 is 0. The van der Waals surface area contributed by atoms with Gasteiger partial charge >= 0.3 is 0 Å². The van der Waals surface area contributed by atoms with Crippen LogP contribution in [-0.2, 0) is 0 Å². The topological polar surface area (TPSA) is 14.0 Å². The van der Waals surface area contributed by atoms with Crippen molar-refractivity contribution in [2.24, 2.45) is 5.92 Å². The molecule has 0 saturated carbocycles. The average Bonchev–Trinajstić information content (AvgIpc) is 2.04. The Morgan fingerprint density at radius 3 is 3.27 bits per heavy atom. The van der Waals surface area contributed by atoms with Gasteiger partial charge in [-0.25, -0.2) is 4.99 Å². The Hall–Kier alpha value is -0.850. The van der Waals surface area contributed by atoms with Crippen molar-refractivity contribution in [2.75, 3.05) is 6.54 Å². The van der Waals surface area contributed by atoms with Crippen LogP contribution in [0.25, 0.3) is 0 Å². The van der Waals surface area contributed by atoms with E-state index in [9.17, 15) is 0 Å². The SMILES string of the molecule is CC1=CC2CCC[NH+]=C2C=C1. The number of allylic oxidation sites excluding steroid dienone is 4. The number of hydrogen-bond donors (Lipinski definition) is 1. The van der Waals surface area contributed by atoms with E-state index in [4.69, 9.17) is 0 Å². The van der Waals surface area contributed by atoms with E-state index in [1.165, 1.54) is 24.1 Å². The average molecular weight is 148 g/mol.